The summed E-state index contributed by atoms with van der Waals surface area (Å²) in [6, 6.07) is 4.73. The third-order valence-corrected chi connectivity index (χ3v) is 2.29. The van der Waals surface area contributed by atoms with Crippen molar-refractivity contribution in [2.45, 2.75) is 0 Å². The van der Waals surface area contributed by atoms with Crippen molar-refractivity contribution in [1.29, 1.82) is 0 Å². The van der Waals surface area contributed by atoms with Crippen LogP contribution in [0.15, 0.2) is 28.6 Å². The molecular formula is C8H5BBrClF3K. The van der Waals surface area contributed by atoms with E-state index in [1.165, 1.54) is 12.1 Å². The van der Waals surface area contributed by atoms with Crippen molar-refractivity contribution in [1.82, 2.24) is 0 Å². The molecule has 0 unspecified atom stereocenters. The van der Waals surface area contributed by atoms with E-state index in [2.05, 4.69) is 15.9 Å². The van der Waals surface area contributed by atoms with E-state index in [1.807, 2.05) is 0 Å². The summed E-state index contributed by atoms with van der Waals surface area (Å²) in [5.41, 5.74) is 0.347. The van der Waals surface area contributed by atoms with Gasteiger partial charge in [-0.3, -0.25) is 0 Å². The minimum atomic E-state index is -4.91. The third-order valence-electron chi connectivity index (χ3n) is 1.45. The van der Waals surface area contributed by atoms with Crippen molar-refractivity contribution >= 4 is 40.6 Å². The molecule has 15 heavy (non-hydrogen) atoms. The Labute approximate surface area is 142 Å². The molecule has 0 spiro atoms. The summed E-state index contributed by atoms with van der Waals surface area (Å²) in [6.07, 6.45) is 0.965. The molecule has 0 amide bonds. The number of hydrogen-bond donors (Lipinski definition) is 0. The van der Waals surface area contributed by atoms with Gasteiger partial charge in [-0.2, -0.15) is 0 Å². The SMILES string of the molecule is F[B-](F)(F)/C=C/c1cc(Br)ccc1Cl.[K+]. The average molecular weight is 323 g/mol. The third kappa shape index (κ3) is 6.51. The van der Waals surface area contributed by atoms with Gasteiger partial charge in [0.25, 0.3) is 0 Å². The first-order chi connectivity index (χ1) is 6.38. The molecule has 0 atom stereocenters. The zero-order valence-corrected chi connectivity index (χ0v) is 13.3. The average Bonchev–Trinajstić information content (AvgIpc) is 2.05. The maximum atomic E-state index is 11.9. The number of rotatable bonds is 2. The minimum absolute atomic E-state index is 0. The molecule has 0 bridgehead atoms. The van der Waals surface area contributed by atoms with Gasteiger partial charge in [-0.05, 0) is 23.8 Å². The summed E-state index contributed by atoms with van der Waals surface area (Å²) >= 11 is 8.84. The fraction of sp³-hybridized carbons (Fsp3) is 0. The van der Waals surface area contributed by atoms with Gasteiger partial charge >= 0.3 is 58.4 Å². The summed E-state index contributed by atoms with van der Waals surface area (Å²) in [7, 11) is 0. The molecule has 0 radical (unpaired) electrons. The Kier molecular flexibility index (Phi) is 7.39. The minimum Gasteiger partial charge on any atom is -0.445 e. The topological polar surface area (TPSA) is 0 Å². The van der Waals surface area contributed by atoms with Gasteiger partial charge in [0.15, 0.2) is 0 Å². The molecule has 0 aromatic heterocycles. The fourth-order valence-corrected chi connectivity index (χ4v) is 1.41. The van der Waals surface area contributed by atoms with E-state index >= 15 is 0 Å². The Hall–Kier alpha value is 1.22. The molecule has 0 saturated heterocycles. The van der Waals surface area contributed by atoms with Crippen molar-refractivity contribution in [2.24, 2.45) is 0 Å². The van der Waals surface area contributed by atoms with Gasteiger partial charge in [-0.1, -0.05) is 33.6 Å². The molecular weight excluding hydrogens is 318 g/mol. The Morgan fingerprint density at radius 2 is 1.87 bits per heavy atom. The predicted molar refractivity (Wildman–Crippen MR) is 57.3 cm³/mol. The van der Waals surface area contributed by atoms with Gasteiger partial charge in [0, 0.05) is 9.50 Å². The molecule has 0 nitrogen and oxygen atoms in total. The largest absolute Gasteiger partial charge is 1.00 e. The standard InChI is InChI=1S/C8H5BBrClF3.K/c10-7-1-2-8(11)6(5-7)3-4-9(12,13)14;/h1-5H;/q-1;+1/b4-3+;. The van der Waals surface area contributed by atoms with Crippen LogP contribution in [0.2, 0.25) is 5.02 Å². The fourth-order valence-electron chi connectivity index (χ4n) is 0.855. The molecule has 1 aromatic carbocycles. The summed E-state index contributed by atoms with van der Waals surface area (Å²) in [6.45, 7) is -4.91. The van der Waals surface area contributed by atoms with Crippen LogP contribution in [0.3, 0.4) is 0 Å². The monoisotopic (exact) mass is 322 g/mol. The normalized spacial score (nSPS) is 11.5. The van der Waals surface area contributed by atoms with E-state index in [4.69, 9.17) is 11.6 Å². The van der Waals surface area contributed by atoms with Crippen molar-refractivity contribution in [2.75, 3.05) is 0 Å². The Morgan fingerprint density at radius 3 is 2.40 bits per heavy atom. The summed E-state index contributed by atoms with van der Waals surface area (Å²) in [5, 5.41) is 0.296. The van der Waals surface area contributed by atoms with Gasteiger partial charge in [0.05, 0.1) is 0 Å². The van der Waals surface area contributed by atoms with Gasteiger partial charge in [-0.25, -0.2) is 0 Å². The van der Waals surface area contributed by atoms with Crippen molar-refractivity contribution in [3.63, 3.8) is 0 Å². The molecule has 1 rings (SSSR count). The first kappa shape index (κ1) is 16.2. The molecule has 7 heteroatoms. The van der Waals surface area contributed by atoms with Gasteiger partial charge < -0.3 is 12.9 Å². The maximum Gasteiger partial charge on any atom is 1.00 e. The molecule has 0 N–H and O–H groups in total. The van der Waals surface area contributed by atoms with Crippen LogP contribution in [0.5, 0.6) is 0 Å². The van der Waals surface area contributed by atoms with Crippen LogP contribution in [0.4, 0.5) is 12.9 Å². The quantitative estimate of drug-likeness (QED) is 0.724. The van der Waals surface area contributed by atoms with E-state index in [9.17, 15) is 12.9 Å². The van der Waals surface area contributed by atoms with Gasteiger partial charge in [0.1, 0.15) is 0 Å². The smallest absolute Gasteiger partial charge is 0.445 e. The van der Waals surface area contributed by atoms with Crippen molar-refractivity contribution in [3.8, 4) is 0 Å². The molecule has 76 valence electrons. The van der Waals surface area contributed by atoms with Crippen molar-refractivity contribution < 1.29 is 64.3 Å². The maximum absolute atomic E-state index is 11.9. The van der Waals surface area contributed by atoms with Crippen LogP contribution in [-0.4, -0.2) is 6.98 Å². The predicted octanol–water partition coefficient (Wildman–Crippen LogP) is 1.51. The molecule has 0 aliphatic carbocycles. The second kappa shape index (κ2) is 6.84. The zero-order valence-electron chi connectivity index (χ0n) is 7.85. The van der Waals surface area contributed by atoms with Crippen LogP contribution in [0.25, 0.3) is 6.08 Å². The molecule has 0 aliphatic heterocycles. The summed E-state index contributed by atoms with van der Waals surface area (Å²) in [5.74, 6) is 0.216. The Bertz CT molecular complexity index is 367. The van der Waals surface area contributed by atoms with Crippen LogP contribution in [-0.2, 0) is 0 Å². The molecule has 0 aliphatic rings. The second-order valence-corrected chi connectivity index (χ2v) is 3.97. The van der Waals surface area contributed by atoms with Crippen LogP contribution < -0.4 is 51.4 Å². The number of benzene rings is 1. The van der Waals surface area contributed by atoms with Gasteiger partial charge in [0.2, 0.25) is 0 Å². The Balaban J connectivity index is 0.00000196. The first-order valence-corrected chi connectivity index (χ1v) is 4.90. The number of halogens is 5. The summed E-state index contributed by atoms with van der Waals surface area (Å²) in [4.78, 5) is 0. The second-order valence-electron chi connectivity index (χ2n) is 2.65. The van der Waals surface area contributed by atoms with E-state index in [1.54, 1.807) is 6.07 Å². The Morgan fingerprint density at radius 1 is 1.27 bits per heavy atom. The van der Waals surface area contributed by atoms with E-state index in [0.717, 1.165) is 6.08 Å². The first-order valence-electron chi connectivity index (χ1n) is 3.73. The van der Waals surface area contributed by atoms with E-state index in [0.29, 0.717) is 15.1 Å². The van der Waals surface area contributed by atoms with Crippen LogP contribution >= 0.6 is 27.5 Å². The number of hydrogen-bond acceptors (Lipinski definition) is 0. The van der Waals surface area contributed by atoms with Crippen LogP contribution in [0, 0.1) is 0 Å². The van der Waals surface area contributed by atoms with Gasteiger partial charge in [-0.15, -0.1) is 5.98 Å². The van der Waals surface area contributed by atoms with E-state index in [-0.39, 0.29) is 57.4 Å². The zero-order chi connectivity index (χ0) is 10.8. The molecule has 1 aromatic rings. The van der Waals surface area contributed by atoms with E-state index < -0.39 is 6.98 Å². The molecule has 0 saturated carbocycles. The molecule has 0 fully saturated rings. The summed E-state index contributed by atoms with van der Waals surface area (Å²) < 4.78 is 36.4. The van der Waals surface area contributed by atoms with Crippen LogP contribution in [0.1, 0.15) is 5.56 Å². The molecule has 0 heterocycles. The van der Waals surface area contributed by atoms with Crippen molar-refractivity contribution in [3.05, 3.63) is 39.2 Å².